The van der Waals surface area contributed by atoms with Gasteiger partial charge >= 0.3 is 0 Å². The Bertz CT molecular complexity index is 7660. The van der Waals surface area contributed by atoms with Gasteiger partial charge in [-0.15, -0.1) is 125 Å². The van der Waals surface area contributed by atoms with E-state index in [0.29, 0.717) is 67.1 Å². The normalized spacial score (nSPS) is 12.9. The number of thiophene rings is 10. The molecule has 0 amide bonds. The highest BCUT2D eigenvalue weighted by atomic mass is 32.2. The quantitative estimate of drug-likeness (QED) is 0.0168. The lowest BCUT2D eigenvalue weighted by atomic mass is 10.0. The molecule has 140 heavy (non-hydrogen) atoms. The Labute approximate surface area is 872 Å². The number of fused-ring (bicyclic) bond motifs is 6. The van der Waals surface area contributed by atoms with Crippen LogP contribution in [0.25, 0.3) is 148 Å². The molecule has 17 aromatic heterocycles. The number of pyridine rings is 6. The lowest BCUT2D eigenvalue weighted by molar-refractivity contribution is 0.669. The van der Waals surface area contributed by atoms with Crippen molar-refractivity contribution >= 4 is 290 Å². The van der Waals surface area contributed by atoms with Gasteiger partial charge in [0, 0.05) is 94.6 Å². The Kier molecular flexibility index (Phi) is 37.4. The van der Waals surface area contributed by atoms with Crippen molar-refractivity contribution in [1.29, 1.82) is 0 Å². The van der Waals surface area contributed by atoms with Crippen molar-refractivity contribution in [3.8, 4) is 86.4 Å². The van der Waals surface area contributed by atoms with Gasteiger partial charge < -0.3 is 34.4 Å². The fourth-order valence-electron chi connectivity index (χ4n) is 15.0. The summed E-state index contributed by atoms with van der Waals surface area (Å²) in [6, 6.07) is 64.8. The number of nitrogens with zero attached hydrogens (tertiary/aromatic N) is 7. The second-order valence-corrected chi connectivity index (χ2v) is 54.6. The van der Waals surface area contributed by atoms with Gasteiger partial charge in [0.15, 0.2) is 0 Å². The molecule has 0 saturated carbocycles. The first kappa shape index (κ1) is 105. The summed E-state index contributed by atoms with van der Waals surface area (Å²) in [6.07, 6.45) is 18.7. The summed E-state index contributed by atoms with van der Waals surface area (Å²) in [5.74, 6) is 7.14. The van der Waals surface area contributed by atoms with E-state index in [1.54, 1.807) is 75.3 Å². The minimum Gasteiger partial charge on any atom is -0.397 e. The molecule has 0 spiro atoms. The average Bonchev–Trinajstić information content (AvgIpc) is 1.62. The number of rotatable bonds is 32. The van der Waals surface area contributed by atoms with Crippen LogP contribution in [0.1, 0.15) is 118 Å². The summed E-state index contributed by atoms with van der Waals surface area (Å²) < 4.78 is 79.5. The summed E-state index contributed by atoms with van der Waals surface area (Å²) >= 11 is 16.9. The molecule has 726 valence electrons. The fourth-order valence-corrected chi connectivity index (χ4v) is 34.4. The zero-order valence-electron chi connectivity index (χ0n) is 77.9. The Balaban J connectivity index is 0.000000128. The van der Waals surface area contributed by atoms with Gasteiger partial charge in [0.1, 0.15) is 64.9 Å². The van der Waals surface area contributed by atoms with Crippen LogP contribution in [0.15, 0.2) is 259 Å². The van der Waals surface area contributed by atoms with E-state index >= 15 is 0 Å². The van der Waals surface area contributed by atoms with Crippen molar-refractivity contribution in [3.05, 3.63) is 233 Å². The van der Waals surface area contributed by atoms with Crippen LogP contribution in [-0.2, 0) is 63.5 Å². The van der Waals surface area contributed by atoms with Gasteiger partial charge in [-0.05, 0) is 172 Å². The lowest BCUT2D eigenvalue weighted by Gasteiger charge is -2.08. The first-order chi connectivity index (χ1) is 68.0. The van der Waals surface area contributed by atoms with Crippen LogP contribution in [-0.4, -0.2) is 101 Å². The van der Waals surface area contributed by atoms with Crippen LogP contribution in [0.5, 0.6) is 0 Å². The summed E-state index contributed by atoms with van der Waals surface area (Å²) in [5.41, 5.74) is 52.4. The highest BCUT2D eigenvalue weighted by Gasteiger charge is 2.27. The van der Waals surface area contributed by atoms with Gasteiger partial charge in [0.25, 0.3) is 0 Å². The minimum atomic E-state index is -2.40. The predicted octanol–water partition coefficient (Wildman–Crippen LogP) is 29.7. The predicted molar refractivity (Wildman–Crippen MR) is 619 cm³/mol. The highest BCUT2D eigenvalue weighted by Crippen LogP contribution is 2.49. The number of benzene rings is 3. The maximum atomic E-state index is 13.0. The Morgan fingerprint density at radius 1 is 0.300 bits per heavy atom. The molecular formula is C104H107N13O6S17. The highest BCUT2D eigenvalue weighted by molar-refractivity contribution is 8.01. The SMILES string of the molecule is C=S(C)(=O)c1sc2nc(-c3cccs3)cc(-c3ccccc3)c2c1N.CCCCCCS(=O)c1sc2nc(-c3cccs3)cc(-c3ccccc3)c2c1N.CCCCCS(=O)c1sc2nc(-c3cccs3)cc(-c3ccccc3)c2c1N.CCCCS(=O)c1sc2nc(-c3cccs3)ccc2c1N.CCCCS(=O)c1sc2nc(-c3nccs3)ccc2c1N.CCCCS(=O)c1sc2ncccc2c1N. The first-order valence-corrected chi connectivity index (χ1v) is 63.7. The number of nitrogens with two attached hydrogens (primary N) is 6. The van der Waals surface area contributed by atoms with E-state index < -0.39 is 63.5 Å². The zero-order chi connectivity index (χ0) is 98.5. The van der Waals surface area contributed by atoms with Crippen LogP contribution >= 0.6 is 125 Å². The Hall–Kier alpha value is -9.68. The molecule has 0 radical (unpaired) electrons. The van der Waals surface area contributed by atoms with Crippen LogP contribution in [0, 0.1) is 0 Å². The number of hydrogen-bond acceptors (Lipinski definition) is 30. The standard InChI is InChI=1S/C23H24N2OS3.C22H22N2OS3.C19H16N2OS3.C15H16N2OS3.C14H15N3OS3.C11H14N2OS2/c1-2-3-4-8-14-29(26)23-21(24)20-17(16-10-6-5-7-11-16)15-18(25-22(20)28-23)19-12-9-13-27-19;1-2-3-7-13-28(25)22-20(23)19-16(15-9-5-4-6-10-15)14-17(24-21(19)27-22)18-11-8-12-26-18;1-25(2,22)19-17(20)16-13(12-7-4-3-5-8-12)11-14(21-18(16)24-19)15-9-6-10-23-15;1-2-3-9-21(18)15-13(16)10-6-7-11(17-14(10)20-15)12-5-4-8-19-12;1-2-3-8-21(18)14-11(15)9-4-5-10(17-12(9)20-14)13-16-6-7-19-13;1-2-3-7-16(14)11-9(12)8-5-4-6-13-10(8)15-11/h5-7,9-13,15H,2-4,8,14,24H2,1H3;4-6,8-12,14H,2-3,7,13,23H2,1H3;3-11H,1,20H2,2H3;4-8H,2-3,9,16H2,1H3;4-7H,2-3,8,15H2,1H3;4-6H,2-3,7,12H2,1H3. The van der Waals surface area contributed by atoms with Crippen molar-refractivity contribution in [2.45, 2.75) is 143 Å². The third kappa shape index (κ3) is 25.2. The number of unbranched alkanes of at least 4 members (excludes halogenated alkanes) is 8. The van der Waals surface area contributed by atoms with Crippen LogP contribution < -0.4 is 34.4 Å². The summed E-state index contributed by atoms with van der Waals surface area (Å²) in [5, 5.41) is 16.4. The molecule has 0 aliphatic heterocycles. The summed E-state index contributed by atoms with van der Waals surface area (Å²) in [7, 11) is -7.59. The smallest absolute Gasteiger partial charge is 0.141 e. The monoisotopic (exact) mass is 2180 g/mol. The van der Waals surface area contributed by atoms with Crippen LogP contribution in [0.2, 0.25) is 0 Å². The number of hydrogen-bond donors (Lipinski definition) is 6. The van der Waals surface area contributed by atoms with Crippen molar-refractivity contribution in [3.63, 3.8) is 0 Å². The largest absolute Gasteiger partial charge is 0.397 e. The average molecular weight is 2180 g/mol. The number of thiazole rings is 1. The molecular weight excluding hydrogens is 2070 g/mol. The molecule has 0 aliphatic rings. The zero-order valence-corrected chi connectivity index (χ0v) is 91.8. The van der Waals surface area contributed by atoms with E-state index in [-0.39, 0.29) is 0 Å². The maximum Gasteiger partial charge on any atom is 0.141 e. The molecule has 0 bridgehead atoms. The fraction of sp³-hybridized carbons (Fsp3) is 0.231. The minimum absolute atomic E-state index is 0.534. The van der Waals surface area contributed by atoms with E-state index in [1.165, 1.54) is 80.9 Å². The molecule has 17 heterocycles. The maximum absolute atomic E-state index is 13.0. The van der Waals surface area contributed by atoms with Gasteiger partial charge in [0.2, 0.25) is 0 Å². The summed E-state index contributed by atoms with van der Waals surface area (Å²) in [4.78, 5) is 41.9. The molecule has 20 aromatic rings. The van der Waals surface area contributed by atoms with Crippen molar-refractivity contribution in [2.24, 2.45) is 0 Å². The van der Waals surface area contributed by atoms with Gasteiger partial charge in [-0.3, -0.25) is 25.3 Å². The molecule has 6 atom stereocenters. The van der Waals surface area contributed by atoms with Crippen molar-refractivity contribution < 1.29 is 25.3 Å². The number of nitrogen functional groups attached to an aromatic ring is 6. The number of aromatic nitrogens is 7. The molecule has 12 N–H and O–H groups in total. The van der Waals surface area contributed by atoms with Crippen LogP contribution in [0.4, 0.5) is 34.1 Å². The van der Waals surface area contributed by atoms with Gasteiger partial charge in [0.05, 0.1) is 130 Å². The first-order valence-electron chi connectivity index (χ1n) is 45.6. The molecule has 0 saturated heterocycles. The van der Waals surface area contributed by atoms with Gasteiger partial charge in [-0.1, -0.05) is 201 Å². The van der Waals surface area contributed by atoms with E-state index in [9.17, 15) is 25.3 Å². The van der Waals surface area contributed by atoms with E-state index in [2.05, 4.69) is 150 Å². The van der Waals surface area contributed by atoms with E-state index in [1.807, 2.05) is 131 Å². The molecule has 0 aliphatic carbocycles. The van der Waals surface area contributed by atoms with Crippen molar-refractivity contribution in [1.82, 2.24) is 34.9 Å². The third-order valence-corrected chi connectivity index (χ3v) is 44.8. The molecule has 19 nitrogen and oxygen atoms in total. The van der Waals surface area contributed by atoms with Crippen LogP contribution in [0.3, 0.4) is 0 Å². The lowest BCUT2D eigenvalue weighted by Crippen LogP contribution is -1.99. The van der Waals surface area contributed by atoms with Gasteiger partial charge in [-0.2, -0.15) is 0 Å². The van der Waals surface area contributed by atoms with Crippen molar-refractivity contribution in [2.75, 3.05) is 69.4 Å². The Morgan fingerprint density at radius 3 is 1.00 bits per heavy atom. The second-order valence-electron chi connectivity index (χ2n) is 32.4. The molecule has 20 rings (SSSR count). The van der Waals surface area contributed by atoms with E-state index in [4.69, 9.17) is 49.4 Å². The molecule has 6 unspecified atom stereocenters. The van der Waals surface area contributed by atoms with Gasteiger partial charge in [-0.25, -0.2) is 34.9 Å². The second kappa shape index (κ2) is 50.0. The third-order valence-electron chi connectivity index (χ3n) is 22.2. The summed E-state index contributed by atoms with van der Waals surface area (Å²) in [6.45, 7) is 10.6. The Morgan fingerprint density at radius 2 is 0.629 bits per heavy atom. The molecule has 3 aromatic carbocycles. The molecule has 36 heteroatoms. The number of anilines is 6. The topological polar surface area (TPSA) is 349 Å². The van der Waals surface area contributed by atoms with E-state index in [0.717, 1.165) is 239 Å². The molecule has 0 fully saturated rings.